The zero-order valence-corrected chi connectivity index (χ0v) is 14.8. The lowest BCUT2D eigenvalue weighted by atomic mass is 10.0. The molecule has 21 heavy (non-hydrogen) atoms. The van der Waals surface area contributed by atoms with Crippen LogP contribution in [-0.2, 0) is 0 Å². The first-order valence-corrected chi connectivity index (χ1v) is 9.15. The van der Waals surface area contributed by atoms with Crippen LogP contribution in [0.4, 0.5) is 10.1 Å². The molecule has 0 aliphatic heterocycles. The number of anilines is 1. The third kappa shape index (κ3) is 5.51. The molecule has 2 nitrogen and oxygen atoms in total. The normalized spacial score (nSPS) is 14.0. The summed E-state index contributed by atoms with van der Waals surface area (Å²) >= 11 is 1.87. The van der Waals surface area contributed by atoms with Crippen molar-refractivity contribution in [2.45, 2.75) is 45.7 Å². The highest BCUT2D eigenvalue weighted by atomic mass is 32.2. The minimum absolute atomic E-state index is 0.158. The predicted molar refractivity (Wildman–Crippen MR) is 94.0 cm³/mol. The number of rotatable bonds is 9. The molecule has 4 heteroatoms. The average Bonchev–Trinajstić information content (AvgIpc) is 2.49. The fourth-order valence-electron chi connectivity index (χ4n) is 2.38. The maximum absolute atomic E-state index is 13.6. The number of nitrogens with zero attached hydrogens (tertiary/aromatic N) is 1. The smallest absolute Gasteiger partial charge is 0.123 e. The van der Waals surface area contributed by atoms with E-state index < -0.39 is 0 Å². The Balaban J connectivity index is 2.94. The van der Waals surface area contributed by atoms with E-state index in [1.54, 1.807) is 12.1 Å². The van der Waals surface area contributed by atoms with Gasteiger partial charge in [-0.05, 0) is 69.0 Å². The molecule has 0 saturated heterocycles. The molecule has 0 bridgehead atoms. The van der Waals surface area contributed by atoms with Crippen molar-refractivity contribution in [3.05, 3.63) is 29.6 Å². The molecule has 0 aromatic heterocycles. The quantitative estimate of drug-likeness (QED) is 0.724. The third-order valence-electron chi connectivity index (χ3n) is 3.94. The Bertz CT molecular complexity index is 425. The van der Waals surface area contributed by atoms with Gasteiger partial charge >= 0.3 is 0 Å². The molecule has 0 spiro atoms. The lowest BCUT2D eigenvalue weighted by Crippen LogP contribution is -2.31. The molecule has 0 aliphatic carbocycles. The molecule has 120 valence electrons. The molecule has 1 N–H and O–H groups in total. The van der Waals surface area contributed by atoms with Crippen molar-refractivity contribution < 1.29 is 4.39 Å². The summed E-state index contributed by atoms with van der Waals surface area (Å²) in [6.07, 6.45) is 4.34. The highest BCUT2D eigenvalue weighted by Crippen LogP contribution is 2.28. The van der Waals surface area contributed by atoms with Crippen LogP contribution in [0.15, 0.2) is 18.2 Å². The van der Waals surface area contributed by atoms with Crippen LogP contribution < -0.4 is 10.2 Å². The number of hydrogen-bond acceptors (Lipinski definition) is 3. The van der Waals surface area contributed by atoms with Crippen molar-refractivity contribution >= 4 is 17.4 Å². The molecule has 1 aromatic carbocycles. The predicted octanol–water partition coefficient (Wildman–Crippen LogP) is 4.46. The lowest BCUT2D eigenvalue weighted by molar-refractivity contribution is 0.558. The van der Waals surface area contributed by atoms with Gasteiger partial charge in [0.15, 0.2) is 0 Å². The second kappa shape index (κ2) is 9.31. The minimum atomic E-state index is -0.163. The van der Waals surface area contributed by atoms with Crippen molar-refractivity contribution in [2.24, 2.45) is 0 Å². The number of halogens is 1. The summed E-state index contributed by atoms with van der Waals surface area (Å²) in [7, 11) is 2.11. The second-order valence-corrected chi connectivity index (χ2v) is 6.61. The molecule has 1 aromatic rings. The van der Waals surface area contributed by atoms with E-state index >= 15 is 0 Å². The van der Waals surface area contributed by atoms with Crippen LogP contribution in [-0.4, -0.2) is 31.6 Å². The summed E-state index contributed by atoms with van der Waals surface area (Å²) in [5.74, 6) is 0.982. The van der Waals surface area contributed by atoms with Crippen molar-refractivity contribution in [2.75, 3.05) is 30.5 Å². The van der Waals surface area contributed by atoms with Crippen molar-refractivity contribution in [1.82, 2.24) is 5.32 Å². The summed E-state index contributed by atoms with van der Waals surface area (Å²) < 4.78 is 13.6. The largest absolute Gasteiger partial charge is 0.372 e. The Morgan fingerprint density at radius 3 is 2.67 bits per heavy atom. The van der Waals surface area contributed by atoms with Crippen LogP contribution in [0.25, 0.3) is 0 Å². The van der Waals surface area contributed by atoms with E-state index in [0.717, 1.165) is 36.4 Å². The zero-order valence-electron chi connectivity index (χ0n) is 13.9. The summed E-state index contributed by atoms with van der Waals surface area (Å²) in [5.41, 5.74) is 2.17. The maximum Gasteiger partial charge on any atom is 0.123 e. The van der Waals surface area contributed by atoms with Gasteiger partial charge in [0.1, 0.15) is 5.82 Å². The Labute approximate surface area is 133 Å². The maximum atomic E-state index is 13.6. The van der Waals surface area contributed by atoms with Crippen LogP contribution in [0.2, 0.25) is 0 Å². The molecular weight excluding hydrogens is 283 g/mol. The Morgan fingerprint density at radius 1 is 1.33 bits per heavy atom. The second-order valence-electron chi connectivity index (χ2n) is 5.62. The molecular formula is C17H29FN2S. The molecule has 0 aliphatic rings. The third-order valence-corrected chi connectivity index (χ3v) is 4.58. The highest BCUT2D eigenvalue weighted by Gasteiger charge is 2.17. The Morgan fingerprint density at radius 2 is 2.05 bits per heavy atom. The van der Waals surface area contributed by atoms with E-state index in [4.69, 9.17) is 0 Å². The van der Waals surface area contributed by atoms with Crippen LogP contribution in [0, 0.1) is 5.82 Å². The average molecular weight is 312 g/mol. The SMILES string of the molecule is CCCNC(C)c1cc(F)ccc1N(C)C(C)CCSC. The topological polar surface area (TPSA) is 15.3 Å². The van der Waals surface area contributed by atoms with Crippen LogP contribution >= 0.6 is 11.8 Å². The number of hydrogen-bond donors (Lipinski definition) is 1. The van der Waals surface area contributed by atoms with E-state index in [2.05, 4.69) is 44.3 Å². The molecule has 1 rings (SSSR count). The minimum Gasteiger partial charge on any atom is -0.372 e. The first-order valence-electron chi connectivity index (χ1n) is 7.75. The van der Waals surface area contributed by atoms with Gasteiger partial charge in [-0.1, -0.05) is 6.92 Å². The molecule has 0 heterocycles. The van der Waals surface area contributed by atoms with Crippen LogP contribution in [0.1, 0.15) is 45.2 Å². The molecule has 0 radical (unpaired) electrons. The van der Waals surface area contributed by atoms with E-state index in [0.29, 0.717) is 6.04 Å². The van der Waals surface area contributed by atoms with Gasteiger partial charge in [-0.2, -0.15) is 11.8 Å². The molecule has 0 saturated carbocycles. The van der Waals surface area contributed by atoms with E-state index in [-0.39, 0.29) is 11.9 Å². The summed E-state index contributed by atoms with van der Waals surface area (Å²) in [6, 6.07) is 5.74. The van der Waals surface area contributed by atoms with Gasteiger partial charge in [-0.15, -0.1) is 0 Å². The van der Waals surface area contributed by atoms with Crippen LogP contribution in [0.5, 0.6) is 0 Å². The van der Waals surface area contributed by atoms with Gasteiger partial charge in [0.25, 0.3) is 0 Å². The molecule has 0 fully saturated rings. The van der Waals surface area contributed by atoms with Gasteiger partial charge in [0.2, 0.25) is 0 Å². The monoisotopic (exact) mass is 312 g/mol. The van der Waals surface area contributed by atoms with Crippen molar-refractivity contribution in [1.29, 1.82) is 0 Å². The van der Waals surface area contributed by atoms with Gasteiger partial charge in [-0.3, -0.25) is 0 Å². The zero-order chi connectivity index (χ0) is 15.8. The Kier molecular flexibility index (Phi) is 8.12. The van der Waals surface area contributed by atoms with Gasteiger partial charge < -0.3 is 10.2 Å². The Hall–Kier alpha value is -0.740. The lowest BCUT2D eigenvalue weighted by Gasteiger charge is -2.31. The summed E-state index contributed by atoms with van der Waals surface area (Å²) in [5, 5.41) is 3.46. The van der Waals surface area contributed by atoms with E-state index in [1.807, 2.05) is 17.8 Å². The molecule has 2 unspecified atom stereocenters. The number of benzene rings is 1. The van der Waals surface area contributed by atoms with E-state index in [9.17, 15) is 4.39 Å². The first kappa shape index (κ1) is 18.3. The fraction of sp³-hybridized carbons (Fsp3) is 0.647. The molecule has 0 amide bonds. The van der Waals surface area contributed by atoms with Gasteiger partial charge in [0.05, 0.1) is 0 Å². The summed E-state index contributed by atoms with van der Waals surface area (Å²) in [4.78, 5) is 2.27. The number of nitrogens with one attached hydrogen (secondary N) is 1. The van der Waals surface area contributed by atoms with Crippen LogP contribution in [0.3, 0.4) is 0 Å². The van der Waals surface area contributed by atoms with Crippen molar-refractivity contribution in [3.63, 3.8) is 0 Å². The summed E-state index contributed by atoms with van der Waals surface area (Å²) in [6.45, 7) is 7.42. The van der Waals surface area contributed by atoms with Gasteiger partial charge in [-0.25, -0.2) is 4.39 Å². The standard InChI is InChI=1S/C17H29FN2S/c1-6-10-19-14(3)16-12-15(18)7-8-17(16)20(4)13(2)9-11-21-5/h7-8,12-14,19H,6,9-11H2,1-5H3. The number of thioether (sulfide) groups is 1. The molecule has 2 atom stereocenters. The van der Waals surface area contributed by atoms with E-state index in [1.165, 1.54) is 0 Å². The van der Waals surface area contributed by atoms with Gasteiger partial charge in [0, 0.05) is 24.8 Å². The fourth-order valence-corrected chi connectivity index (χ4v) is 2.96. The van der Waals surface area contributed by atoms with Crippen molar-refractivity contribution in [3.8, 4) is 0 Å². The first-order chi connectivity index (χ1) is 10.0. The highest BCUT2D eigenvalue weighted by molar-refractivity contribution is 7.98.